The second kappa shape index (κ2) is 48.0. The van der Waals surface area contributed by atoms with Crippen LogP contribution in [0.2, 0.25) is 0 Å². The molecule has 0 N–H and O–H groups in total. The maximum Gasteiger partial charge on any atom is 0.0832 e. The summed E-state index contributed by atoms with van der Waals surface area (Å²) >= 11 is 0. The number of benzene rings is 12. The van der Waals surface area contributed by atoms with Crippen LogP contribution in [0.25, 0.3) is 22.3 Å². The minimum absolute atomic E-state index is 0. The van der Waals surface area contributed by atoms with Gasteiger partial charge in [0.2, 0.25) is 0 Å². The quantitative estimate of drug-likeness (QED) is 0.0181. The minimum Gasteiger partial charge on any atom is -0.872 e. The van der Waals surface area contributed by atoms with Crippen LogP contribution >= 0.6 is 0 Å². The molecule has 0 amide bonds. The first-order valence-corrected chi connectivity index (χ1v) is 35.1. The summed E-state index contributed by atoms with van der Waals surface area (Å²) in [6, 6.07) is 97.8. The third kappa shape index (κ3) is 29.0. The van der Waals surface area contributed by atoms with Gasteiger partial charge in [-0.2, -0.15) is 0 Å². The second-order valence-electron chi connectivity index (χ2n) is 23.8. The molecule has 12 rings (SSSR count). The van der Waals surface area contributed by atoms with Gasteiger partial charge in [0.25, 0.3) is 0 Å². The minimum atomic E-state index is -0.264. The summed E-state index contributed by atoms with van der Waals surface area (Å²) in [6.07, 6.45) is 8.08. The Morgan fingerprint density at radius 3 is 0.391 bits per heavy atom. The number of carbonyl (C=O) groups excluding carboxylic acids is 8. The molecule has 0 saturated carbocycles. The Kier molecular flexibility index (Phi) is 38.5. The van der Waals surface area contributed by atoms with E-state index in [9.17, 15) is 58.8 Å². The van der Waals surface area contributed by atoms with Gasteiger partial charge in [-0.1, -0.05) is 341 Å². The summed E-state index contributed by atoms with van der Waals surface area (Å²) in [5.74, 6) is -2.01. The van der Waals surface area contributed by atoms with Gasteiger partial charge in [-0.3, -0.25) is 0 Å². The van der Waals surface area contributed by atoms with Gasteiger partial charge in [0.05, 0.1) is 46.3 Å². The molecule has 0 saturated heterocycles. The summed E-state index contributed by atoms with van der Waals surface area (Å²) in [5, 5.41) is 44.9. The molecule has 0 unspecified atom stereocenters. The number of Topliss-reactive ketones (excluding diaryl/α,β-unsaturated/α-hetero) is 8. The maximum atomic E-state index is 11.8. The molecule has 0 aliphatic heterocycles. The molecule has 0 aromatic heterocycles. The molecular formula is C96H80O12Ti2-8. The monoisotopic (exact) mass is 1520 g/mol. The first-order chi connectivity index (χ1) is 52.4. The van der Waals surface area contributed by atoms with Crippen molar-refractivity contribution in [3.8, 4) is 23.0 Å². The van der Waals surface area contributed by atoms with Gasteiger partial charge in [0, 0.05) is 43.4 Å². The fourth-order valence-electron chi connectivity index (χ4n) is 11.0. The molecule has 0 fully saturated rings. The Hall–Kier alpha value is -12.4. The van der Waals surface area contributed by atoms with Crippen LogP contribution in [0.5, 0.6) is 23.0 Å². The molecule has 0 aliphatic rings. The normalized spacial score (nSPS) is 10.4. The van der Waals surface area contributed by atoms with E-state index in [2.05, 4.69) is 27.7 Å². The van der Waals surface area contributed by atoms with E-state index in [0.717, 1.165) is 73.6 Å². The van der Waals surface area contributed by atoms with Gasteiger partial charge in [-0.15, -0.1) is 120 Å². The fourth-order valence-corrected chi connectivity index (χ4v) is 11.0. The Balaban J connectivity index is 0.000000236. The van der Waals surface area contributed by atoms with Crippen LogP contribution in [0.1, 0.15) is 158 Å². The van der Waals surface area contributed by atoms with Crippen LogP contribution in [-0.2, 0) is 43.4 Å². The number of rotatable bonds is 24. The van der Waals surface area contributed by atoms with Crippen LogP contribution in [0.15, 0.2) is 340 Å². The van der Waals surface area contributed by atoms with Crippen molar-refractivity contribution in [2.24, 2.45) is 0 Å². The van der Waals surface area contributed by atoms with Gasteiger partial charge in [-0.05, 0) is 70.2 Å². The van der Waals surface area contributed by atoms with Crippen molar-refractivity contribution in [2.45, 2.75) is 53.4 Å². The standard InChI is InChI=1S/2C18H20O2.4C15H11O2.2Ti/c2*1-3-17(13-5-9-15(19)10-6-13)18(4-2)14-7-11-16(20)12-8-14;4*16-14(12-7-3-1-4-8-12)11-15(17)13-9-5-2-6-10-13;;/h2*5-12,19-20H,3-4H2,1-2H3;4*1-11H;;/q;;4*-1;;/p-4. The topological polar surface area (TPSA) is 229 Å². The third-order valence-electron chi connectivity index (χ3n) is 16.5. The summed E-state index contributed by atoms with van der Waals surface area (Å²) < 4.78 is 0. The smallest absolute Gasteiger partial charge is 0.0832 e. The average molecular weight is 1520 g/mol. The molecule has 0 heterocycles. The Morgan fingerprint density at radius 2 is 0.291 bits per heavy atom. The van der Waals surface area contributed by atoms with Crippen LogP contribution in [0.3, 0.4) is 0 Å². The number of allylic oxidation sites excluding steroid dienone is 4. The molecular weight excluding hydrogens is 1440 g/mol. The zero-order chi connectivity index (χ0) is 77.4. The Labute approximate surface area is 674 Å². The number of ketones is 8. The second-order valence-corrected chi connectivity index (χ2v) is 23.8. The molecule has 110 heavy (non-hydrogen) atoms. The van der Waals surface area contributed by atoms with Crippen molar-refractivity contribution in [3.05, 3.63) is 432 Å². The van der Waals surface area contributed by atoms with Crippen LogP contribution in [0, 0.1) is 25.7 Å². The van der Waals surface area contributed by atoms with Gasteiger partial charge < -0.3 is 58.8 Å². The average Bonchev–Trinajstić information content (AvgIpc) is 0.830. The Bertz CT molecular complexity index is 4060. The first-order valence-electron chi connectivity index (χ1n) is 35.1. The molecule has 0 radical (unpaired) electrons. The summed E-state index contributed by atoms with van der Waals surface area (Å²) in [7, 11) is 0. The van der Waals surface area contributed by atoms with Gasteiger partial charge in [0.15, 0.2) is 0 Å². The molecule has 0 atom stereocenters. The molecule has 14 heteroatoms. The maximum absolute atomic E-state index is 11.8. The van der Waals surface area contributed by atoms with Crippen molar-refractivity contribution in [1.29, 1.82) is 0 Å². The van der Waals surface area contributed by atoms with E-state index in [1.54, 1.807) is 243 Å². The van der Waals surface area contributed by atoms with Crippen molar-refractivity contribution in [1.82, 2.24) is 0 Å². The van der Waals surface area contributed by atoms with Crippen LogP contribution in [0.4, 0.5) is 0 Å². The summed E-state index contributed by atoms with van der Waals surface area (Å²) in [6.45, 7) is 8.44. The van der Waals surface area contributed by atoms with E-state index in [1.807, 2.05) is 97.1 Å². The van der Waals surface area contributed by atoms with Crippen molar-refractivity contribution in [3.63, 3.8) is 0 Å². The predicted octanol–water partition coefficient (Wildman–Crippen LogP) is 19.0. The third-order valence-corrected chi connectivity index (χ3v) is 16.5. The van der Waals surface area contributed by atoms with Gasteiger partial charge >= 0.3 is 0 Å². The predicted molar refractivity (Wildman–Crippen MR) is 422 cm³/mol. The van der Waals surface area contributed by atoms with Crippen molar-refractivity contribution >= 4 is 68.6 Å². The van der Waals surface area contributed by atoms with E-state index >= 15 is 0 Å². The molecule has 0 bridgehead atoms. The molecule has 12 nitrogen and oxygen atoms in total. The van der Waals surface area contributed by atoms with E-state index in [4.69, 9.17) is 0 Å². The fraction of sp³-hybridized carbons (Fsp3) is 0.0833. The number of hydrogen-bond acceptors (Lipinski definition) is 12. The number of hydrogen-bond donors (Lipinski definition) is 0. The largest absolute Gasteiger partial charge is 0.872 e. The molecule has 0 aliphatic carbocycles. The SMILES string of the molecule is CCC(=C(CC)c1ccc([O-])cc1)c1ccc([O-])cc1.CCC(=C(CC)c1ccc([O-])cc1)c1ccc([O-])cc1.O=C([CH-]C(=O)c1ccccc1)c1ccccc1.O=C([CH-]C(=O)c1ccccc1)c1ccccc1.O=C([CH-]C(=O)c1ccccc1)c1ccccc1.O=C([CH-]C(=O)c1ccccc1)c1ccccc1.[Ti].[Ti]. The van der Waals surface area contributed by atoms with Crippen LogP contribution < -0.4 is 20.4 Å². The summed E-state index contributed by atoms with van der Waals surface area (Å²) in [4.78, 5) is 94.0. The Morgan fingerprint density at radius 1 is 0.182 bits per heavy atom. The zero-order valence-electron chi connectivity index (χ0n) is 61.4. The van der Waals surface area contributed by atoms with E-state index < -0.39 is 0 Å². The summed E-state index contributed by atoms with van der Waals surface area (Å²) in [5.41, 5.74) is 13.4. The van der Waals surface area contributed by atoms with Crippen molar-refractivity contribution < 1.29 is 102 Å². The van der Waals surface area contributed by atoms with Crippen LogP contribution in [-0.4, -0.2) is 46.3 Å². The van der Waals surface area contributed by atoms with E-state index in [1.165, 1.54) is 22.3 Å². The molecule has 12 aromatic rings. The number of carbonyl (C=O) groups is 8. The molecule has 552 valence electrons. The molecule has 0 spiro atoms. The zero-order valence-corrected chi connectivity index (χ0v) is 64.5. The molecule has 12 aromatic carbocycles. The van der Waals surface area contributed by atoms with Crippen molar-refractivity contribution in [2.75, 3.05) is 0 Å². The van der Waals surface area contributed by atoms with E-state index in [0.29, 0.717) is 44.5 Å². The first kappa shape index (κ1) is 88.2. The van der Waals surface area contributed by atoms with E-state index in [-0.39, 0.29) is 113 Å². The van der Waals surface area contributed by atoms with Gasteiger partial charge in [-0.25, -0.2) is 0 Å². The van der Waals surface area contributed by atoms with Gasteiger partial charge in [0.1, 0.15) is 0 Å².